The first-order valence-electron chi connectivity index (χ1n) is 10.9. The summed E-state index contributed by atoms with van der Waals surface area (Å²) in [6.07, 6.45) is 5.68. The molecule has 0 radical (unpaired) electrons. The number of rotatable bonds is 9. The highest BCUT2D eigenvalue weighted by Gasteiger charge is 2.27. The average Bonchev–Trinajstić information content (AvgIpc) is 3.05. The lowest BCUT2D eigenvalue weighted by molar-refractivity contribution is -0.119. The molecular weight excluding hydrogens is 436 g/mol. The van der Waals surface area contributed by atoms with Crippen LogP contribution in [0.25, 0.3) is 0 Å². The van der Waals surface area contributed by atoms with Gasteiger partial charge in [0.2, 0.25) is 5.91 Å². The first-order chi connectivity index (χ1) is 15.4. The third-order valence-corrected chi connectivity index (χ3v) is 7.26. The molecule has 0 spiro atoms. The van der Waals surface area contributed by atoms with Crippen molar-refractivity contribution in [3.05, 3.63) is 60.2 Å². The van der Waals surface area contributed by atoms with E-state index in [1.807, 2.05) is 0 Å². The zero-order valence-electron chi connectivity index (χ0n) is 18.0. The second-order valence-corrected chi connectivity index (χ2v) is 9.76. The molecule has 6 nitrogen and oxygen atoms in total. The van der Waals surface area contributed by atoms with Gasteiger partial charge in [0.15, 0.2) is 0 Å². The predicted octanol–water partition coefficient (Wildman–Crippen LogP) is 3.54. The summed E-state index contributed by atoms with van der Waals surface area (Å²) in [6, 6.07) is 9.20. The molecule has 0 aliphatic carbocycles. The topological polar surface area (TPSA) is 69.7 Å². The molecule has 174 valence electrons. The van der Waals surface area contributed by atoms with Crippen molar-refractivity contribution >= 4 is 21.6 Å². The molecule has 1 N–H and O–H groups in total. The Hall–Kier alpha value is -2.52. The molecule has 0 atom stereocenters. The van der Waals surface area contributed by atoms with Crippen molar-refractivity contribution in [2.24, 2.45) is 0 Å². The van der Waals surface area contributed by atoms with Gasteiger partial charge >= 0.3 is 0 Å². The number of sulfonamides is 1. The van der Waals surface area contributed by atoms with Crippen molar-refractivity contribution in [3.63, 3.8) is 0 Å². The van der Waals surface area contributed by atoms with Crippen LogP contribution in [0.15, 0.2) is 53.4 Å². The fraction of sp³-hybridized carbons (Fsp3) is 0.435. The van der Waals surface area contributed by atoms with Gasteiger partial charge in [-0.2, -0.15) is 0 Å². The Kier molecular flexibility index (Phi) is 8.58. The van der Waals surface area contributed by atoms with Crippen molar-refractivity contribution in [2.75, 3.05) is 37.0 Å². The quantitative estimate of drug-likeness (QED) is 0.575. The van der Waals surface area contributed by atoms with E-state index in [1.165, 1.54) is 37.8 Å². The largest absolute Gasteiger partial charge is 0.354 e. The van der Waals surface area contributed by atoms with Crippen molar-refractivity contribution in [1.82, 2.24) is 10.2 Å². The van der Waals surface area contributed by atoms with Gasteiger partial charge in [0, 0.05) is 6.54 Å². The standard InChI is InChI=1S/C23H29F2N3O3S/c24-19-6-10-21(11-7-19)28(32(30,31)22-12-8-20(25)9-13-22)18-23(29)26-14-5-17-27-15-3-1-2-4-16-27/h6-13H,1-5,14-18H2,(H,26,29). The minimum absolute atomic E-state index is 0.149. The number of nitrogens with zero attached hydrogens (tertiary/aromatic N) is 2. The third kappa shape index (κ3) is 6.74. The lowest BCUT2D eigenvalue weighted by Gasteiger charge is -2.24. The van der Waals surface area contributed by atoms with Crippen LogP contribution in [0, 0.1) is 11.6 Å². The van der Waals surface area contributed by atoms with E-state index in [0.29, 0.717) is 6.54 Å². The highest BCUT2D eigenvalue weighted by Crippen LogP contribution is 2.24. The lowest BCUT2D eigenvalue weighted by atomic mass is 10.2. The summed E-state index contributed by atoms with van der Waals surface area (Å²) in [5, 5.41) is 2.78. The van der Waals surface area contributed by atoms with Gasteiger partial charge < -0.3 is 10.2 Å². The molecule has 1 aliphatic rings. The first-order valence-corrected chi connectivity index (χ1v) is 12.3. The highest BCUT2D eigenvalue weighted by molar-refractivity contribution is 7.92. The predicted molar refractivity (Wildman–Crippen MR) is 120 cm³/mol. The van der Waals surface area contributed by atoms with Crippen LogP contribution in [0.3, 0.4) is 0 Å². The summed E-state index contributed by atoms with van der Waals surface area (Å²) in [5.41, 5.74) is 0.149. The highest BCUT2D eigenvalue weighted by atomic mass is 32.2. The summed E-state index contributed by atoms with van der Waals surface area (Å²) in [7, 11) is -4.16. The number of hydrogen-bond acceptors (Lipinski definition) is 4. The van der Waals surface area contributed by atoms with Gasteiger partial charge in [-0.3, -0.25) is 9.10 Å². The maximum Gasteiger partial charge on any atom is 0.264 e. The molecule has 0 aromatic heterocycles. The Morgan fingerprint density at radius 2 is 1.47 bits per heavy atom. The van der Waals surface area contributed by atoms with Crippen molar-refractivity contribution in [2.45, 2.75) is 37.0 Å². The van der Waals surface area contributed by atoms with E-state index in [0.717, 1.165) is 66.8 Å². The molecule has 1 saturated heterocycles. The van der Waals surface area contributed by atoms with E-state index in [-0.39, 0.29) is 10.6 Å². The molecule has 0 saturated carbocycles. The Balaban J connectivity index is 1.65. The van der Waals surface area contributed by atoms with E-state index in [1.54, 1.807) is 0 Å². The number of anilines is 1. The minimum atomic E-state index is -4.16. The zero-order valence-corrected chi connectivity index (χ0v) is 18.8. The van der Waals surface area contributed by atoms with Crippen molar-refractivity contribution in [1.29, 1.82) is 0 Å². The second-order valence-electron chi connectivity index (χ2n) is 7.90. The number of benzene rings is 2. The first kappa shape index (κ1) is 24.1. The number of nitrogens with one attached hydrogen (secondary N) is 1. The van der Waals surface area contributed by atoms with Gasteiger partial charge in [-0.05, 0) is 87.4 Å². The molecule has 1 aliphatic heterocycles. The summed E-state index contributed by atoms with van der Waals surface area (Å²) < 4.78 is 53.9. The van der Waals surface area contributed by atoms with Gasteiger partial charge in [0.1, 0.15) is 18.2 Å². The summed E-state index contributed by atoms with van der Waals surface area (Å²) in [6.45, 7) is 3.00. The van der Waals surface area contributed by atoms with Crippen LogP contribution < -0.4 is 9.62 Å². The molecule has 2 aromatic rings. The molecule has 32 heavy (non-hydrogen) atoms. The molecule has 0 bridgehead atoms. The van der Waals surface area contributed by atoms with Crippen molar-refractivity contribution < 1.29 is 22.0 Å². The van der Waals surface area contributed by atoms with Crippen molar-refractivity contribution in [3.8, 4) is 0 Å². The number of likely N-dealkylation sites (tertiary alicyclic amines) is 1. The number of carbonyl (C=O) groups is 1. The second kappa shape index (κ2) is 11.4. The molecule has 9 heteroatoms. The fourth-order valence-corrected chi connectivity index (χ4v) is 5.15. The minimum Gasteiger partial charge on any atom is -0.354 e. The molecule has 1 fully saturated rings. The van der Waals surface area contributed by atoms with Gasteiger partial charge in [0.25, 0.3) is 10.0 Å². The van der Waals surface area contributed by atoms with Gasteiger partial charge in [-0.25, -0.2) is 17.2 Å². The van der Waals surface area contributed by atoms with E-state index >= 15 is 0 Å². The van der Waals surface area contributed by atoms with Crippen LogP contribution in [0.5, 0.6) is 0 Å². The monoisotopic (exact) mass is 465 g/mol. The molecule has 3 rings (SSSR count). The molecule has 0 unspecified atom stereocenters. The zero-order chi connectivity index (χ0) is 23.0. The van der Waals surface area contributed by atoms with Crippen LogP contribution in [0.2, 0.25) is 0 Å². The summed E-state index contributed by atoms with van der Waals surface area (Å²) >= 11 is 0. The molecule has 1 amide bonds. The maximum atomic E-state index is 13.4. The van der Waals surface area contributed by atoms with E-state index in [2.05, 4.69) is 10.2 Å². The van der Waals surface area contributed by atoms with E-state index in [9.17, 15) is 22.0 Å². The average molecular weight is 466 g/mol. The molecule has 2 aromatic carbocycles. The molecule has 1 heterocycles. The number of halogens is 2. The van der Waals surface area contributed by atoms with Crippen LogP contribution in [0.4, 0.5) is 14.5 Å². The smallest absolute Gasteiger partial charge is 0.264 e. The van der Waals surface area contributed by atoms with Crippen LogP contribution in [0.1, 0.15) is 32.1 Å². The number of hydrogen-bond donors (Lipinski definition) is 1. The maximum absolute atomic E-state index is 13.4. The van der Waals surface area contributed by atoms with Crippen LogP contribution in [-0.4, -0.2) is 51.9 Å². The third-order valence-electron chi connectivity index (χ3n) is 5.48. The van der Waals surface area contributed by atoms with Gasteiger partial charge in [-0.1, -0.05) is 12.8 Å². The fourth-order valence-electron chi connectivity index (χ4n) is 3.73. The Labute approximate surface area is 188 Å². The normalized spacial score (nSPS) is 15.2. The Morgan fingerprint density at radius 3 is 2.06 bits per heavy atom. The lowest BCUT2D eigenvalue weighted by Crippen LogP contribution is -2.41. The van der Waals surface area contributed by atoms with Crippen LogP contribution in [-0.2, 0) is 14.8 Å². The number of amides is 1. The van der Waals surface area contributed by atoms with E-state index < -0.39 is 34.1 Å². The number of carbonyl (C=O) groups excluding carboxylic acids is 1. The van der Waals surface area contributed by atoms with Crippen LogP contribution >= 0.6 is 0 Å². The Bertz CT molecular complexity index is 975. The van der Waals surface area contributed by atoms with Gasteiger partial charge in [-0.15, -0.1) is 0 Å². The molecular formula is C23H29F2N3O3S. The Morgan fingerprint density at radius 1 is 0.906 bits per heavy atom. The van der Waals surface area contributed by atoms with E-state index in [4.69, 9.17) is 0 Å². The summed E-state index contributed by atoms with van der Waals surface area (Å²) in [5.74, 6) is -1.55. The van der Waals surface area contributed by atoms with Gasteiger partial charge in [0.05, 0.1) is 10.6 Å². The SMILES string of the molecule is O=C(CN(c1ccc(F)cc1)S(=O)(=O)c1ccc(F)cc1)NCCCN1CCCCCC1. The summed E-state index contributed by atoms with van der Waals surface area (Å²) in [4.78, 5) is 14.8.